The van der Waals surface area contributed by atoms with E-state index >= 15 is 0 Å². The van der Waals surface area contributed by atoms with Crippen molar-refractivity contribution in [2.75, 3.05) is 25.4 Å². The van der Waals surface area contributed by atoms with Gasteiger partial charge in [0.15, 0.2) is 6.10 Å². The Kier molecular flexibility index (Phi) is 5.90. The third-order valence-electron chi connectivity index (χ3n) is 3.34. The predicted molar refractivity (Wildman–Crippen MR) is 70.4 cm³/mol. The van der Waals surface area contributed by atoms with Gasteiger partial charge in [0.05, 0.1) is 12.3 Å². The van der Waals surface area contributed by atoms with Gasteiger partial charge >= 0.3 is 5.97 Å². The third kappa shape index (κ3) is 4.43. The number of carboxylic acid groups (broad SMARTS) is 1. The van der Waals surface area contributed by atoms with E-state index in [1.165, 1.54) is 4.31 Å². The van der Waals surface area contributed by atoms with Gasteiger partial charge in [-0.15, -0.1) is 0 Å². The van der Waals surface area contributed by atoms with Crippen LogP contribution in [0.3, 0.4) is 0 Å². The molecule has 0 bridgehead atoms. The Morgan fingerprint density at radius 3 is 2.35 bits per heavy atom. The molecular formula is C11H20N2O6S. The number of amides is 1. The quantitative estimate of drug-likeness (QED) is 0.555. The fraction of sp³-hybridized carbons (Fsp3) is 0.818. The maximum atomic E-state index is 11.8. The van der Waals surface area contributed by atoms with Crippen molar-refractivity contribution < 1.29 is 28.2 Å². The number of carboxylic acids is 1. The molecule has 1 amide bonds. The minimum absolute atomic E-state index is 0.0364. The van der Waals surface area contributed by atoms with Crippen molar-refractivity contribution in [1.29, 1.82) is 0 Å². The van der Waals surface area contributed by atoms with Crippen LogP contribution in [0.2, 0.25) is 0 Å². The molecule has 0 spiro atoms. The van der Waals surface area contributed by atoms with Crippen molar-refractivity contribution >= 4 is 21.9 Å². The summed E-state index contributed by atoms with van der Waals surface area (Å²) in [5.74, 6) is -2.05. The zero-order chi connectivity index (χ0) is 15.3. The van der Waals surface area contributed by atoms with Crippen molar-refractivity contribution in [3.8, 4) is 0 Å². The summed E-state index contributed by atoms with van der Waals surface area (Å²) in [5.41, 5.74) is 0. The van der Waals surface area contributed by atoms with E-state index in [0.29, 0.717) is 12.8 Å². The lowest BCUT2D eigenvalue weighted by molar-refractivity contribution is -0.146. The number of aliphatic hydroxyl groups is 1. The lowest BCUT2D eigenvalue weighted by Gasteiger charge is -2.30. The van der Waals surface area contributed by atoms with Crippen molar-refractivity contribution in [3.63, 3.8) is 0 Å². The smallest absolute Gasteiger partial charge is 0.334 e. The zero-order valence-electron chi connectivity index (χ0n) is 11.3. The fourth-order valence-corrected chi connectivity index (χ4v) is 3.14. The lowest BCUT2D eigenvalue weighted by Crippen LogP contribution is -2.45. The first-order valence-corrected chi connectivity index (χ1v) is 8.05. The highest BCUT2D eigenvalue weighted by Crippen LogP contribution is 2.19. The zero-order valence-corrected chi connectivity index (χ0v) is 12.1. The molecule has 0 unspecified atom stereocenters. The van der Waals surface area contributed by atoms with E-state index in [4.69, 9.17) is 10.2 Å². The first-order chi connectivity index (χ1) is 9.27. The molecule has 0 saturated carbocycles. The first kappa shape index (κ1) is 16.9. The lowest BCUT2D eigenvalue weighted by atomic mass is 9.97. The number of hydrogen-bond acceptors (Lipinski definition) is 5. The minimum Gasteiger partial charge on any atom is -0.479 e. The molecule has 0 aromatic carbocycles. The molecule has 0 aromatic rings. The second-order valence-corrected chi connectivity index (χ2v) is 6.93. The second kappa shape index (κ2) is 7.00. The summed E-state index contributed by atoms with van der Waals surface area (Å²) in [6.07, 6.45) is -0.831. The topological polar surface area (TPSA) is 124 Å². The molecule has 1 aliphatic heterocycles. The summed E-state index contributed by atoms with van der Waals surface area (Å²) in [6, 6.07) is 0. The Hall–Kier alpha value is -1.19. The summed E-state index contributed by atoms with van der Waals surface area (Å²) in [7, 11) is -3.22. The first-order valence-electron chi connectivity index (χ1n) is 6.44. The average Bonchev–Trinajstić information content (AvgIpc) is 2.44. The van der Waals surface area contributed by atoms with Gasteiger partial charge in [-0.25, -0.2) is 17.5 Å². The standard InChI is InChI=1S/C11H20N2O6S/c1-2-20(18,19)13-5-3-8(4-6-13)10(15)12-7-9(14)11(16)17/h8-9,14H,2-7H2,1H3,(H,12,15)(H,16,17)/t9-/m0/s1. The van der Waals surface area contributed by atoms with Crippen molar-refractivity contribution in [2.24, 2.45) is 5.92 Å². The normalized spacial score (nSPS) is 19.5. The monoisotopic (exact) mass is 308 g/mol. The molecule has 0 radical (unpaired) electrons. The van der Waals surface area contributed by atoms with Gasteiger partial charge in [-0.2, -0.15) is 0 Å². The highest BCUT2D eigenvalue weighted by atomic mass is 32.2. The molecule has 1 fully saturated rings. The van der Waals surface area contributed by atoms with Gasteiger partial charge in [-0.1, -0.05) is 0 Å². The Bertz CT molecular complexity index is 456. The number of sulfonamides is 1. The van der Waals surface area contributed by atoms with Gasteiger partial charge in [-0.3, -0.25) is 4.79 Å². The average molecular weight is 308 g/mol. The van der Waals surface area contributed by atoms with Crippen LogP contribution in [-0.4, -0.2) is 66.3 Å². The highest BCUT2D eigenvalue weighted by Gasteiger charge is 2.30. The second-order valence-electron chi connectivity index (χ2n) is 4.67. The number of aliphatic carboxylic acids is 1. The molecule has 1 atom stereocenters. The van der Waals surface area contributed by atoms with Gasteiger partial charge in [0, 0.05) is 19.0 Å². The van der Waals surface area contributed by atoms with E-state index in [9.17, 15) is 18.0 Å². The summed E-state index contributed by atoms with van der Waals surface area (Å²) < 4.78 is 24.7. The molecule has 9 heteroatoms. The highest BCUT2D eigenvalue weighted by molar-refractivity contribution is 7.89. The molecule has 0 aromatic heterocycles. The van der Waals surface area contributed by atoms with E-state index < -0.39 is 22.1 Å². The third-order valence-corrected chi connectivity index (χ3v) is 5.22. The van der Waals surface area contributed by atoms with Crippen LogP contribution in [0.5, 0.6) is 0 Å². The van der Waals surface area contributed by atoms with E-state index in [-0.39, 0.29) is 37.2 Å². The van der Waals surface area contributed by atoms with Gasteiger partial charge in [0.1, 0.15) is 0 Å². The van der Waals surface area contributed by atoms with Gasteiger partial charge in [0.2, 0.25) is 15.9 Å². The maximum Gasteiger partial charge on any atom is 0.334 e. The molecule has 116 valence electrons. The van der Waals surface area contributed by atoms with Gasteiger partial charge < -0.3 is 15.5 Å². The number of rotatable bonds is 6. The number of carbonyl (C=O) groups is 2. The molecular weight excluding hydrogens is 288 g/mol. The number of carbonyl (C=O) groups excluding carboxylic acids is 1. The summed E-state index contributed by atoms with van der Waals surface area (Å²) in [6.45, 7) is 1.80. The van der Waals surface area contributed by atoms with Crippen LogP contribution < -0.4 is 5.32 Å². The van der Waals surface area contributed by atoms with E-state index in [0.717, 1.165) is 0 Å². The number of nitrogens with zero attached hydrogens (tertiary/aromatic N) is 1. The number of piperidine rings is 1. The molecule has 1 aliphatic rings. The van der Waals surface area contributed by atoms with Gasteiger partial charge in [0.25, 0.3) is 0 Å². The molecule has 1 rings (SSSR count). The molecule has 0 aliphatic carbocycles. The number of nitrogens with one attached hydrogen (secondary N) is 1. The maximum absolute atomic E-state index is 11.8. The summed E-state index contributed by atoms with van der Waals surface area (Å²) >= 11 is 0. The molecule has 1 saturated heterocycles. The summed E-state index contributed by atoms with van der Waals surface area (Å²) in [5, 5.41) is 19.9. The van der Waals surface area contributed by atoms with E-state index in [1.807, 2.05) is 0 Å². The van der Waals surface area contributed by atoms with Crippen molar-refractivity contribution in [2.45, 2.75) is 25.9 Å². The van der Waals surface area contributed by atoms with Crippen molar-refractivity contribution in [3.05, 3.63) is 0 Å². The van der Waals surface area contributed by atoms with Crippen molar-refractivity contribution in [1.82, 2.24) is 9.62 Å². The van der Waals surface area contributed by atoms with Crippen LogP contribution in [0.4, 0.5) is 0 Å². The Balaban J connectivity index is 2.42. The fourth-order valence-electron chi connectivity index (χ4n) is 2.01. The molecule has 8 nitrogen and oxygen atoms in total. The molecule has 1 heterocycles. The Morgan fingerprint density at radius 2 is 1.90 bits per heavy atom. The SMILES string of the molecule is CCS(=O)(=O)N1CCC(C(=O)NC[C@H](O)C(=O)O)CC1. The minimum atomic E-state index is -3.22. The Morgan fingerprint density at radius 1 is 1.35 bits per heavy atom. The summed E-state index contributed by atoms with van der Waals surface area (Å²) in [4.78, 5) is 22.2. The van der Waals surface area contributed by atoms with E-state index in [1.54, 1.807) is 6.92 Å². The van der Waals surface area contributed by atoms with Gasteiger partial charge in [-0.05, 0) is 19.8 Å². The largest absolute Gasteiger partial charge is 0.479 e. The van der Waals surface area contributed by atoms with Crippen LogP contribution in [-0.2, 0) is 19.6 Å². The van der Waals surface area contributed by atoms with Crippen LogP contribution in [0.15, 0.2) is 0 Å². The van der Waals surface area contributed by atoms with E-state index in [2.05, 4.69) is 5.32 Å². The number of aliphatic hydroxyl groups excluding tert-OH is 1. The molecule has 20 heavy (non-hydrogen) atoms. The predicted octanol–water partition coefficient (Wildman–Crippen LogP) is -1.39. The van der Waals surface area contributed by atoms with Crippen LogP contribution >= 0.6 is 0 Å². The number of hydrogen-bond donors (Lipinski definition) is 3. The van der Waals surface area contributed by atoms with Crippen LogP contribution in [0.1, 0.15) is 19.8 Å². The van der Waals surface area contributed by atoms with Crippen LogP contribution in [0.25, 0.3) is 0 Å². The van der Waals surface area contributed by atoms with Crippen LogP contribution in [0, 0.1) is 5.92 Å². The Labute approximate surface area is 117 Å². The molecule has 3 N–H and O–H groups in total.